The molecule has 1 aliphatic carbocycles. The maximum atomic E-state index is 13.1. The van der Waals surface area contributed by atoms with Crippen LogP contribution in [0.4, 0.5) is 4.39 Å². The Morgan fingerprint density at radius 1 is 1.12 bits per heavy atom. The monoisotopic (exact) mass is 466 g/mol. The second-order valence-electron chi connectivity index (χ2n) is 8.28. The number of amides is 1. The van der Waals surface area contributed by atoms with Gasteiger partial charge in [-0.1, -0.05) is 25.0 Å². The molecule has 1 amide bonds. The van der Waals surface area contributed by atoms with Crippen LogP contribution in [-0.4, -0.2) is 34.2 Å². The molecule has 4 rings (SSSR count). The van der Waals surface area contributed by atoms with Gasteiger partial charge in [0.15, 0.2) is 17.3 Å². The van der Waals surface area contributed by atoms with E-state index < -0.39 is 0 Å². The van der Waals surface area contributed by atoms with Crippen molar-refractivity contribution >= 4 is 5.91 Å². The Balaban J connectivity index is 1.39. The molecule has 0 bridgehead atoms. The highest BCUT2D eigenvalue weighted by atomic mass is 19.1. The Hall–Kier alpha value is -3.75. The summed E-state index contributed by atoms with van der Waals surface area (Å²) in [5, 5.41) is 11.2. The molecule has 0 radical (unpaired) electrons. The molecule has 1 aromatic heterocycles. The first-order valence-electron chi connectivity index (χ1n) is 11.3. The number of hydrogen-bond acceptors (Lipinski definition) is 6. The molecule has 1 fully saturated rings. The summed E-state index contributed by atoms with van der Waals surface area (Å²) in [5.74, 6) is 0.857. The van der Waals surface area contributed by atoms with Crippen LogP contribution < -0.4 is 20.3 Å². The fourth-order valence-electron chi connectivity index (χ4n) is 3.93. The van der Waals surface area contributed by atoms with E-state index in [0.29, 0.717) is 17.1 Å². The highest BCUT2D eigenvalue weighted by Gasteiger charge is 2.18. The van der Waals surface area contributed by atoms with Gasteiger partial charge in [0.1, 0.15) is 18.1 Å². The number of methoxy groups -OCH3 is 1. The third kappa shape index (κ3) is 5.98. The third-order valence-corrected chi connectivity index (χ3v) is 5.82. The average molecular weight is 467 g/mol. The Labute approximate surface area is 196 Å². The molecule has 1 saturated carbocycles. The van der Waals surface area contributed by atoms with Crippen LogP contribution in [0.25, 0.3) is 11.4 Å². The number of aromatic amines is 1. The number of aryl methyl sites for hydroxylation is 1. The molecule has 0 atom stereocenters. The van der Waals surface area contributed by atoms with Gasteiger partial charge in [-0.25, -0.2) is 4.39 Å². The zero-order chi connectivity index (χ0) is 23.9. The molecule has 2 N–H and O–H groups in total. The fourth-order valence-corrected chi connectivity index (χ4v) is 3.93. The van der Waals surface area contributed by atoms with Crippen LogP contribution in [0.2, 0.25) is 0 Å². The van der Waals surface area contributed by atoms with Crippen molar-refractivity contribution < 1.29 is 18.7 Å². The van der Waals surface area contributed by atoms with E-state index in [1.807, 2.05) is 0 Å². The molecule has 3 aromatic rings. The van der Waals surface area contributed by atoms with E-state index in [9.17, 15) is 14.0 Å². The highest BCUT2D eigenvalue weighted by Crippen LogP contribution is 2.31. The first kappa shape index (κ1) is 23.4. The van der Waals surface area contributed by atoms with Crippen LogP contribution in [0.15, 0.2) is 47.3 Å². The number of H-pyrrole nitrogens is 1. The number of nitrogens with zero attached hydrogens (tertiary/aromatic N) is 2. The number of ether oxygens (including phenoxy) is 2. The fraction of sp³-hybridized carbons (Fsp3) is 0.360. The maximum Gasteiger partial charge on any atom is 0.273 e. The van der Waals surface area contributed by atoms with E-state index in [1.165, 1.54) is 19.2 Å². The second kappa shape index (κ2) is 10.9. The Morgan fingerprint density at radius 3 is 2.59 bits per heavy atom. The zero-order valence-electron chi connectivity index (χ0n) is 19.0. The minimum atomic E-state index is -0.380. The smallest absolute Gasteiger partial charge is 0.273 e. The van der Waals surface area contributed by atoms with Crippen LogP contribution in [0.3, 0.4) is 0 Å². The molecule has 2 aromatic carbocycles. The van der Waals surface area contributed by atoms with Crippen LogP contribution >= 0.6 is 0 Å². The van der Waals surface area contributed by atoms with Crippen LogP contribution in [0.5, 0.6) is 11.5 Å². The topological polar surface area (TPSA) is 106 Å². The SMILES string of the molecule is COc1cc(-c2nnc(CCC(=O)NC3CCCC3)c(=O)[nH]2)ccc1OCc1ccc(F)cc1. The summed E-state index contributed by atoms with van der Waals surface area (Å²) in [4.78, 5) is 27.4. The summed E-state index contributed by atoms with van der Waals surface area (Å²) in [7, 11) is 1.51. The maximum absolute atomic E-state index is 13.1. The molecule has 8 nitrogen and oxygen atoms in total. The van der Waals surface area contributed by atoms with Gasteiger partial charge in [-0.3, -0.25) is 9.59 Å². The van der Waals surface area contributed by atoms with Gasteiger partial charge >= 0.3 is 0 Å². The molecule has 0 spiro atoms. The lowest BCUT2D eigenvalue weighted by Gasteiger charge is -2.12. The molecule has 1 aliphatic rings. The first-order valence-corrected chi connectivity index (χ1v) is 11.3. The van der Waals surface area contributed by atoms with Crippen molar-refractivity contribution in [2.24, 2.45) is 0 Å². The van der Waals surface area contributed by atoms with Crippen molar-refractivity contribution in [3.63, 3.8) is 0 Å². The van der Waals surface area contributed by atoms with Gasteiger partial charge in [-0.2, -0.15) is 0 Å². The van der Waals surface area contributed by atoms with E-state index in [2.05, 4.69) is 20.5 Å². The van der Waals surface area contributed by atoms with Crippen molar-refractivity contribution in [1.82, 2.24) is 20.5 Å². The summed E-state index contributed by atoms with van der Waals surface area (Å²) >= 11 is 0. The Bertz CT molecular complexity index is 1190. The molecule has 178 valence electrons. The van der Waals surface area contributed by atoms with E-state index in [4.69, 9.17) is 9.47 Å². The van der Waals surface area contributed by atoms with Crippen molar-refractivity contribution in [3.05, 3.63) is 69.9 Å². The second-order valence-corrected chi connectivity index (χ2v) is 8.28. The summed E-state index contributed by atoms with van der Waals surface area (Å²) in [6.45, 7) is 0.246. The van der Waals surface area contributed by atoms with Crippen molar-refractivity contribution in [1.29, 1.82) is 0 Å². The molecular formula is C25H27FN4O4. The molecule has 0 saturated heterocycles. The molecule has 0 aliphatic heterocycles. The van der Waals surface area contributed by atoms with Gasteiger partial charge in [0.2, 0.25) is 5.91 Å². The molecule has 1 heterocycles. The Morgan fingerprint density at radius 2 is 1.88 bits per heavy atom. The zero-order valence-corrected chi connectivity index (χ0v) is 19.0. The summed E-state index contributed by atoms with van der Waals surface area (Å²) < 4.78 is 24.3. The van der Waals surface area contributed by atoms with Crippen molar-refractivity contribution in [2.75, 3.05) is 7.11 Å². The van der Waals surface area contributed by atoms with E-state index in [0.717, 1.165) is 31.2 Å². The average Bonchev–Trinajstić information content (AvgIpc) is 3.36. The predicted molar refractivity (Wildman–Crippen MR) is 124 cm³/mol. The number of nitrogens with one attached hydrogen (secondary N) is 2. The van der Waals surface area contributed by atoms with Gasteiger partial charge < -0.3 is 19.8 Å². The standard InChI is InChI=1S/C25H27FN4O4/c1-33-22-14-17(8-12-21(22)34-15-16-6-9-18(26)10-7-16)24-28-25(32)20(29-30-24)11-13-23(31)27-19-4-2-3-5-19/h6-10,12,14,19H,2-5,11,13,15H2,1H3,(H,27,31)(H,28,30,32). The van der Waals surface area contributed by atoms with Crippen LogP contribution in [0.1, 0.15) is 43.4 Å². The molecule has 9 heteroatoms. The van der Waals surface area contributed by atoms with Gasteiger partial charge in [-0.05, 0) is 48.7 Å². The molecule has 34 heavy (non-hydrogen) atoms. The number of benzene rings is 2. The lowest BCUT2D eigenvalue weighted by molar-refractivity contribution is -0.121. The quantitative estimate of drug-likeness (QED) is 0.500. The summed E-state index contributed by atoms with van der Waals surface area (Å²) in [6, 6.07) is 11.4. The number of hydrogen-bond donors (Lipinski definition) is 2. The molecule has 0 unspecified atom stereocenters. The number of rotatable bonds is 9. The van der Waals surface area contributed by atoms with E-state index in [-0.39, 0.29) is 54.3 Å². The lowest BCUT2D eigenvalue weighted by atomic mass is 10.1. The number of halogens is 1. The Kier molecular flexibility index (Phi) is 7.51. The van der Waals surface area contributed by atoms with Gasteiger partial charge in [0.05, 0.1) is 7.11 Å². The van der Waals surface area contributed by atoms with Crippen LogP contribution in [0, 0.1) is 5.82 Å². The van der Waals surface area contributed by atoms with Gasteiger partial charge in [-0.15, -0.1) is 10.2 Å². The number of carbonyl (C=O) groups is 1. The normalized spacial score (nSPS) is 13.6. The van der Waals surface area contributed by atoms with E-state index in [1.54, 1.807) is 30.3 Å². The summed E-state index contributed by atoms with van der Waals surface area (Å²) in [6.07, 6.45) is 4.73. The molecular weight excluding hydrogens is 439 g/mol. The minimum absolute atomic E-state index is 0.0712. The minimum Gasteiger partial charge on any atom is -0.493 e. The number of aromatic nitrogens is 3. The van der Waals surface area contributed by atoms with Crippen LogP contribution in [-0.2, 0) is 17.8 Å². The predicted octanol–water partition coefficient (Wildman–Crippen LogP) is 3.55. The first-order chi connectivity index (χ1) is 16.5. The summed E-state index contributed by atoms with van der Waals surface area (Å²) in [5.41, 5.74) is 1.25. The van der Waals surface area contributed by atoms with Gasteiger partial charge in [0.25, 0.3) is 5.56 Å². The largest absolute Gasteiger partial charge is 0.493 e. The number of carbonyl (C=O) groups excluding carboxylic acids is 1. The van der Waals surface area contributed by atoms with E-state index >= 15 is 0 Å². The van der Waals surface area contributed by atoms with Gasteiger partial charge in [0, 0.05) is 24.4 Å². The lowest BCUT2D eigenvalue weighted by Crippen LogP contribution is -2.33. The third-order valence-electron chi connectivity index (χ3n) is 5.82. The van der Waals surface area contributed by atoms with Crippen molar-refractivity contribution in [2.45, 2.75) is 51.2 Å². The highest BCUT2D eigenvalue weighted by molar-refractivity contribution is 5.76. The van der Waals surface area contributed by atoms with Crippen molar-refractivity contribution in [3.8, 4) is 22.9 Å².